The van der Waals surface area contributed by atoms with Gasteiger partial charge in [0.05, 0.1) is 4.91 Å². The van der Waals surface area contributed by atoms with E-state index >= 15 is 0 Å². The smallest absolute Gasteiger partial charge is 0.290 e. The van der Waals surface area contributed by atoms with Gasteiger partial charge in [0.2, 0.25) is 5.95 Å². The number of aromatic nitrogens is 4. The fourth-order valence-electron chi connectivity index (χ4n) is 2.99. The average molecular weight is 383 g/mol. The lowest BCUT2D eigenvalue weighted by atomic mass is 10.3. The molecule has 2 aromatic heterocycles. The molecule has 2 saturated heterocycles. The van der Waals surface area contributed by atoms with Crippen molar-refractivity contribution in [1.29, 1.82) is 0 Å². The maximum absolute atomic E-state index is 11.7. The standard InChI is InChI=1S/C17H17N7O2S/c25-15-13(27-17(26)22-15)10-14-19-11-20-16(21-14)24-7-1-6-23(8-9-24)12-2-4-18-5-3-12/h2-5,10-11H,1,6-9H2,(H,22,25,26). The molecule has 27 heavy (non-hydrogen) atoms. The first-order valence-corrected chi connectivity index (χ1v) is 9.34. The number of carbonyl (C=O) groups is 2. The molecule has 0 radical (unpaired) electrons. The van der Waals surface area contributed by atoms with E-state index in [1.165, 1.54) is 12.4 Å². The summed E-state index contributed by atoms with van der Waals surface area (Å²) in [6.07, 6.45) is 7.51. The Balaban J connectivity index is 1.48. The van der Waals surface area contributed by atoms with Gasteiger partial charge in [-0.05, 0) is 30.3 Å². The summed E-state index contributed by atoms with van der Waals surface area (Å²) in [6.45, 7) is 3.39. The van der Waals surface area contributed by atoms with Crippen LogP contribution in [0.2, 0.25) is 0 Å². The molecule has 2 aromatic rings. The highest BCUT2D eigenvalue weighted by atomic mass is 32.2. The number of imide groups is 1. The van der Waals surface area contributed by atoms with E-state index in [0.717, 1.165) is 50.0 Å². The van der Waals surface area contributed by atoms with Gasteiger partial charge < -0.3 is 9.80 Å². The van der Waals surface area contributed by atoms with Crippen LogP contribution in [0, 0.1) is 0 Å². The second-order valence-electron chi connectivity index (χ2n) is 6.03. The van der Waals surface area contributed by atoms with Gasteiger partial charge in [-0.1, -0.05) is 0 Å². The largest absolute Gasteiger partial charge is 0.370 e. The number of rotatable bonds is 3. The second kappa shape index (κ2) is 7.70. The summed E-state index contributed by atoms with van der Waals surface area (Å²) in [5, 5.41) is 1.83. The van der Waals surface area contributed by atoms with Crippen LogP contribution < -0.4 is 15.1 Å². The molecular weight excluding hydrogens is 366 g/mol. The highest BCUT2D eigenvalue weighted by molar-refractivity contribution is 8.18. The Labute approximate surface area is 159 Å². The number of hydrogen-bond acceptors (Lipinski definition) is 9. The van der Waals surface area contributed by atoms with E-state index in [9.17, 15) is 9.59 Å². The van der Waals surface area contributed by atoms with Crippen LogP contribution in [-0.4, -0.2) is 57.3 Å². The summed E-state index contributed by atoms with van der Waals surface area (Å²) < 4.78 is 0. The summed E-state index contributed by atoms with van der Waals surface area (Å²) >= 11 is 0.847. The van der Waals surface area contributed by atoms with E-state index in [-0.39, 0.29) is 10.1 Å². The molecular formula is C17H17N7O2S. The first-order chi connectivity index (χ1) is 13.2. The molecule has 1 N–H and O–H groups in total. The molecule has 4 heterocycles. The molecule has 0 aliphatic carbocycles. The van der Waals surface area contributed by atoms with Crippen molar-refractivity contribution in [3.8, 4) is 0 Å². The van der Waals surface area contributed by atoms with Crippen molar-refractivity contribution in [3.63, 3.8) is 0 Å². The molecule has 0 unspecified atom stereocenters. The van der Waals surface area contributed by atoms with Gasteiger partial charge in [0.15, 0.2) is 5.82 Å². The quantitative estimate of drug-likeness (QED) is 0.785. The number of nitrogens with zero attached hydrogens (tertiary/aromatic N) is 6. The fraction of sp³-hybridized carbons (Fsp3) is 0.294. The van der Waals surface area contributed by atoms with E-state index in [1.54, 1.807) is 12.4 Å². The van der Waals surface area contributed by atoms with Crippen molar-refractivity contribution in [2.24, 2.45) is 0 Å². The minimum absolute atomic E-state index is 0.289. The van der Waals surface area contributed by atoms with Crippen LogP contribution >= 0.6 is 11.8 Å². The van der Waals surface area contributed by atoms with Gasteiger partial charge in [-0.25, -0.2) is 9.97 Å². The summed E-state index contributed by atoms with van der Waals surface area (Å²) in [4.78, 5) is 44.6. The van der Waals surface area contributed by atoms with E-state index in [2.05, 4.69) is 35.1 Å². The number of pyridine rings is 1. The molecule has 2 aliphatic rings. The number of amides is 2. The number of nitrogens with one attached hydrogen (secondary N) is 1. The summed E-state index contributed by atoms with van der Waals surface area (Å²) in [5.74, 6) is 0.514. The van der Waals surface area contributed by atoms with Gasteiger partial charge >= 0.3 is 0 Å². The van der Waals surface area contributed by atoms with E-state index in [4.69, 9.17) is 0 Å². The molecule has 138 valence electrons. The molecule has 4 rings (SSSR count). The molecule has 0 saturated carbocycles. The van der Waals surface area contributed by atoms with Crippen molar-refractivity contribution in [1.82, 2.24) is 25.3 Å². The molecule has 2 fully saturated rings. The van der Waals surface area contributed by atoms with Gasteiger partial charge in [-0.3, -0.25) is 19.9 Å². The molecule has 2 amide bonds. The first-order valence-electron chi connectivity index (χ1n) is 8.53. The summed E-state index contributed by atoms with van der Waals surface area (Å²) in [7, 11) is 0. The van der Waals surface area contributed by atoms with Crippen LogP contribution in [-0.2, 0) is 4.79 Å². The molecule has 9 nitrogen and oxygen atoms in total. The first kappa shape index (κ1) is 17.4. The van der Waals surface area contributed by atoms with Crippen molar-refractivity contribution in [3.05, 3.63) is 41.6 Å². The van der Waals surface area contributed by atoms with Crippen molar-refractivity contribution in [2.45, 2.75) is 6.42 Å². The molecule has 10 heteroatoms. The highest BCUT2D eigenvalue weighted by Gasteiger charge is 2.25. The monoisotopic (exact) mass is 383 g/mol. The zero-order valence-electron chi connectivity index (χ0n) is 14.4. The molecule has 0 bridgehead atoms. The summed E-state index contributed by atoms with van der Waals surface area (Å²) in [5.41, 5.74) is 1.15. The number of thioether (sulfide) groups is 1. The minimum atomic E-state index is -0.422. The van der Waals surface area contributed by atoms with Gasteiger partial charge in [0, 0.05) is 50.3 Å². The third-order valence-corrected chi connectivity index (χ3v) is 5.10. The highest BCUT2D eigenvalue weighted by Crippen LogP contribution is 2.25. The van der Waals surface area contributed by atoms with Crippen molar-refractivity contribution in [2.75, 3.05) is 36.0 Å². The Morgan fingerprint density at radius 1 is 1.04 bits per heavy atom. The number of hydrogen-bond donors (Lipinski definition) is 1. The average Bonchev–Trinajstić information content (AvgIpc) is 2.88. The predicted molar refractivity (Wildman–Crippen MR) is 102 cm³/mol. The maximum Gasteiger partial charge on any atom is 0.290 e. The topological polar surface area (TPSA) is 104 Å². The number of carbonyl (C=O) groups excluding carboxylic acids is 2. The molecule has 0 atom stereocenters. The lowest BCUT2D eigenvalue weighted by Crippen LogP contribution is -2.31. The second-order valence-corrected chi connectivity index (χ2v) is 7.04. The number of anilines is 2. The third-order valence-electron chi connectivity index (χ3n) is 4.29. The molecule has 0 spiro atoms. The van der Waals surface area contributed by atoms with Crippen LogP contribution in [0.4, 0.5) is 16.4 Å². The normalized spacial score (nSPS) is 19.3. The van der Waals surface area contributed by atoms with Gasteiger partial charge in [0.1, 0.15) is 6.33 Å². The Morgan fingerprint density at radius 3 is 2.59 bits per heavy atom. The van der Waals surface area contributed by atoms with Gasteiger partial charge in [-0.15, -0.1) is 0 Å². The van der Waals surface area contributed by atoms with Crippen molar-refractivity contribution < 1.29 is 9.59 Å². The Bertz CT molecular complexity index is 890. The third kappa shape index (κ3) is 4.05. The zero-order valence-corrected chi connectivity index (χ0v) is 15.2. The van der Waals surface area contributed by atoms with Crippen LogP contribution in [0.5, 0.6) is 0 Å². The van der Waals surface area contributed by atoms with Crippen LogP contribution in [0.15, 0.2) is 35.8 Å². The van der Waals surface area contributed by atoms with E-state index < -0.39 is 5.91 Å². The van der Waals surface area contributed by atoms with Gasteiger partial charge in [0.25, 0.3) is 11.1 Å². The Hall–Kier alpha value is -3.01. The fourth-order valence-corrected chi connectivity index (χ4v) is 3.64. The SMILES string of the molecule is O=C1NC(=O)C(=Cc2ncnc(N3CCCN(c4ccncc4)CC3)n2)S1. The van der Waals surface area contributed by atoms with E-state index in [0.29, 0.717) is 11.8 Å². The van der Waals surface area contributed by atoms with Crippen LogP contribution in [0.25, 0.3) is 6.08 Å². The predicted octanol–water partition coefficient (Wildman–Crippen LogP) is 1.31. The molecule has 0 aromatic carbocycles. The Kier molecular flexibility index (Phi) is 4.97. The summed E-state index contributed by atoms with van der Waals surface area (Å²) in [6, 6.07) is 4.02. The lowest BCUT2D eigenvalue weighted by molar-refractivity contribution is -0.115. The lowest BCUT2D eigenvalue weighted by Gasteiger charge is -2.23. The van der Waals surface area contributed by atoms with Crippen LogP contribution in [0.1, 0.15) is 12.2 Å². The van der Waals surface area contributed by atoms with E-state index in [1.807, 2.05) is 12.1 Å². The minimum Gasteiger partial charge on any atom is -0.370 e. The van der Waals surface area contributed by atoms with Crippen LogP contribution in [0.3, 0.4) is 0 Å². The van der Waals surface area contributed by atoms with Crippen molar-refractivity contribution >= 4 is 40.6 Å². The zero-order chi connectivity index (χ0) is 18.6. The maximum atomic E-state index is 11.7. The van der Waals surface area contributed by atoms with Gasteiger partial charge in [-0.2, -0.15) is 4.98 Å². The Morgan fingerprint density at radius 2 is 1.81 bits per heavy atom. The molecule has 2 aliphatic heterocycles.